The normalized spacial score (nSPS) is 15.8. The van der Waals surface area contributed by atoms with E-state index in [0.717, 1.165) is 12.8 Å². The zero-order valence-corrected chi connectivity index (χ0v) is 17.6. The molecule has 1 aliphatic heterocycles. The first kappa shape index (κ1) is 21.6. The maximum Gasteiger partial charge on any atom is 0.255 e. The topological polar surface area (TPSA) is 78.5 Å². The van der Waals surface area contributed by atoms with E-state index in [2.05, 4.69) is 24.5 Å². The Morgan fingerprint density at radius 1 is 1.00 bits per heavy atom. The molecule has 6 heteroatoms. The summed E-state index contributed by atoms with van der Waals surface area (Å²) in [6.45, 7) is 5.44. The molecule has 1 fully saturated rings. The quantitative estimate of drug-likeness (QED) is 0.734. The average molecular weight is 408 g/mol. The molecule has 0 aromatic heterocycles. The van der Waals surface area contributed by atoms with Gasteiger partial charge in [-0.15, -0.1) is 0 Å². The number of nitrogens with one attached hydrogen (secondary N) is 2. The molecular weight excluding hydrogens is 378 g/mol. The van der Waals surface area contributed by atoms with Crippen LogP contribution in [0.1, 0.15) is 53.8 Å². The third kappa shape index (κ3) is 5.47. The van der Waals surface area contributed by atoms with Crippen molar-refractivity contribution in [2.45, 2.75) is 39.2 Å². The van der Waals surface area contributed by atoms with E-state index >= 15 is 0 Å². The van der Waals surface area contributed by atoms with Gasteiger partial charge in [-0.1, -0.05) is 32.0 Å². The van der Waals surface area contributed by atoms with Crippen LogP contribution in [0.3, 0.4) is 0 Å². The van der Waals surface area contributed by atoms with Gasteiger partial charge in [0, 0.05) is 29.9 Å². The minimum absolute atomic E-state index is 0.0757. The summed E-state index contributed by atoms with van der Waals surface area (Å²) in [6.07, 6.45) is 2.42. The van der Waals surface area contributed by atoms with Gasteiger partial charge in [0.15, 0.2) is 0 Å². The van der Waals surface area contributed by atoms with Crippen molar-refractivity contribution < 1.29 is 14.4 Å². The van der Waals surface area contributed by atoms with Crippen LogP contribution in [0.15, 0.2) is 54.6 Å². The molecule has 0 bridgehead atoms. The summed E-state index contributed by atoms with van der Waals surface area (Å²) in [5, 5.41) is 5.78. The first-order valence-corrected chi connectivity index (χ1v) is 10.5. The fraction of sp³-hybridized carbons (Fsp3) is 0.375. The fourth-order valence-electron chi connectivity index (χ4n) is 3.54. The minimum Gasteiger partial charge on any atom is -0.354 e. The predicted molar refractivity (Wildman–Crippen MR) is 117 cm³/mol. The second-order valence-corrected chi connectivity index (χ2v) is 8.03. The molecule has 2 aromatic carbocycles. The maximum absolute atomic E-state index is 13.0. The minimum atomic E-state index is -0.415. The maximum atomic E-state index is 13.0. The van der Waals surface area contributed by atoms with Crippen LogP contribution in [0.25, 0.3) is 0 Å². The summed E-state index contributed by atoms with van der Waals surface area (Å²) in [6, 6.07) is 15.3. The number of carbonyl (C=O) groups is 3. The Balaban J connectivity index is 1.60. The number of likely N-dealkylation sites (tertiary alicyclic amines) is 1. The third-order valence-electron chi connectivity index (χ3n) is 5.26. The molecule has 3 rings (SSSR count). The summed E-state index contributed by atoms with van der Waals surface area (Å²) in [5.41, 5.74) is 1.69. The van der Waals surface area contributed by atoms with Gasteiger partial charge < -0.3 is 15.5 Å². The lowest BCUT2D eigenvalue weighted by molar-refractivity contribution is -0.124. The first-order chi connectivity index (χ1) is 14.5. The van der Waals surface area contributed by atoms with Gasteiger partial charge in [0.25, 0.3) is 11.8 Å². The highest BCUT2D eigenvalue weighted by atomic mass is 16.2. The molecule has 6 nitrogen and oxygen atoms in total. The number of benzene rings is 2. The lowest BCUT2D eigenvalue weighted by Crippen LogP contribution is -2.46. The second kappa shape index (κ2) is 10.1. The molecule has 30 heavy (non-hydrogen) atoms. The van der Waals surface area contributed by atoms with Crippen molar-refractivity contribution in [1.82, 2.24) is 10.2 Å². The van der Waals surface area contributed by atoms with E-state index in [1.165, 1.54) is 0 Å². The molecule has 158 valence electrons. The van der Waals surface area contributed by atoms with Crippen LogP contribution in [0.5, 0.6) is 0 Å². The number of nitrogens with zero attached hydrogens (tertiary/aromatic N) is 1. The van der Waals surface area contributed by atoms with Gasteiger partial charge in [0.2, 0.25) is 5.91 Å². The van der Waals surface area contributed by atoms with Gasteiger partial charge in [-0.3, -0.25) is 14.4 Å². The van der Waals surface area contributed by atoms with Crippen molar-refractivity contribution >= 4 is 23.4 Å². The Morgan fingerprint density at radius 3 is 2.37 bits per heavy atom. The monoisotopic (exact) mass is 407 g/mol. The standard InChI is InChI=1S/C24H29N3O3/c1-17(2)14-15-25-23(29)21-9-6-16-27(21)24(30)19-10-12-20(13-11-19)26-22(28)18-7-4-3-5-8-18/h3-5,7-8,10-13,17,21H,6,9,14-16H2,1-2H3,(H,25,29)(H,26,28)/t21-/m1/s1. The lowest BCUT2D eigenvalue weighted by atomic mass is 10.1. The number of rotatable bonds is 7. The summed E-state index contributed by atoms with van der Waals surface area (Å²) in [4.78, 5) is 39.4. The van der Waals surface area contributed by atoms with E-state index in [4.69, 9.17) is 0 Å². The van der Waals surface area contributed by atoms with Crippen molar-refractivity contribution in [2.75, 3.05) is 18.4 Å². The molecule has 1 heterocycles. The molecular formula is C24H29N3O3. The van der Waals surface area contributed by atoms with Gasteiger partial charge in [-0.2, -0.15) is 0 Å². The summed E-state index contributed by atoms with van der Waals surface area (Å²) >= 11 is 0. The molecule has 1 saturated heterocycles. The lowest BCUT2D eigenvalue weighted by Gasteiger charge is -2.24. The Hall–Kier alpha value is -3.15. The highest BCUT2D eigenvalue weighted by Gasteiger charge is 2.34. The van der Waals surface area contributed by atoms with Gasteiger partial charge in [-0.05, 0) is 61.6 Å². The largest absolute Gasteiger partial charge is 0.354 e. The van der Waals surface area contributed by atoms with Gasteiger partial charge in [0.05, 0.1) is 0 Å². The molecule has 0 radical (unpaired) electrons. The van der Waals surface area contributed by atoms with Crippen LogP contribution in [0, 0.1) is 5.92 Å². The van der Waals surface area contributed by atoms with E-state index in [9.17, 15) is 14.4 Å². The number of amides is 3. The molecule has 1 aliphatic rings. The van der Waals surface area contributed by atoms with Crippen LogP contribution in [-0.4, -0.2) is 41.8 Å². The second-order valence-electron chi connectivity index (χ2n) is 8.03. The van der Waals surface area contributed by atoms with Crippen molar-refractivity contribution in [3.05, 3.63) is 65.7 Å². The molecule has 1 atom stereocenters. The van der Waals surface area contributed by atoms with Crippen LogP contribution in [0.4, 0.5) is 5.69 Å². The van der Waals surface area contributed by atoms with Crippen LogP contribution >= 0.6 is 0 Å². The zero-order valence-electron chi connectivity index (χ0n) is 17.6. The Morgan fingerprint density at radius 2 is 1.70 bits per heavy atom. The SMILES string of the molecule is CC(C)CCNC(=O)[C@H]1CCCN1C(=O)c1ccc(NC(=O)c2ccccc2)cc1. The van der Waals surface area contributed by atoms with Crippen LogP contribution in [-0.2, 0) is 4.79 Å². The summed E-state index contributed by atoms with van der Waals surface area (Å²) < 4.78 is 0. The highest BCUT2D eigenvalue weighted by Crippen LogP contribution is 2.21. The number of hydrogen-bond acceptors (Lipinski definition) is 3. The van der Waals surface area contributed by atoms with E-state index in [1.54, 1.807) is 41.3 Å². The predicted octanol–water partition coefficient (Wildman–Crippen LogP) is 3.71. The smallest absolute Gasteiger partial charge is 0.255 e. The van der Waals surface area contributed by atoms with Gasteiger partial charge >= 0.3 is 0 Å². The van der Waals surface area contributed by atoms with Crippen molar-refractivity contribution in [2.24, 2.45) is 5.92 Å². The summed E-state index contributed by atoms with van der Waals surface area (Å²) in [7, 11) is 0. The van der Waals surface area contributed by atoms with E-state index in [0.29, 0.717) is 42.2 Å². The van der Waals surface area contributed by atoms with E-state index < -0.39 is 6.04 Å². The molecule has 0 aliphatic carbocycles. The van der Waals surface area contributed by atoms with Gasteiger partial charge in [-0.25, -0.2) is 0 Å². The fourth-order valence-corrected chi connectivity index (χ4v) is 3.54. The van der Waals surface area contributed by atoms with Crippen molar-refractivity contribution in [3.8, 4) is 0 Å². The Labute approximate surface area is 177 Å². The Bertz CT molecular complexity index is 878. The van der Waals surface area contributed by atoms with Crippen molar-refractivity contribution in [3.63, 3.8) is 0 Å². The molecule has 2 aromatic rings. The van der Waals surface area contributed by atoms with E-state index in [-0.39, 0.29) is 17.7 Å². The average Bonchev–Trinajstić information content (AvgIpc) is 3.24. The third-order valence-corrected chi connectivity index (χ3v) is 5.26. The zero-order chi connectivity index (χ0) is 21.5. The van der Waals surface area contributed by atoms with E-state index in [1.807, 2.05) is 18.2 Å². The molecule has 3 amide bonds. The van der Waals surface area contributed by atoms with Gasteiger partial charge in [0.1, 0.15) is 6.04 Å². The highest BCUT2D eigenvalue weighted by molar-refractivity contribution is 6.04. The molecule has 0 unspecified atom stereocenters. The van der Waals surface area contributed by atoms with Crippen molar-refractivity contribution in [1.29, 1.82) is 0 Å². The molecule has 0 spiro atoms. The number of carbonyl (C=O) groups excluding carboxylic acids is 3. The molecule has 0 saturated carbocycles. The number of hydrogen-bond donors (Lipinski definition) is 2. The Kier molecular flexibility index (Phi) is 7.22. The first-order valence-electron chi connectivity index (χ1n) is 10.5. The number of anilines is 1. The van der Waals surface area contributed by atoms with Crippen LogP contribution < -0.4 is 10.6 Å². The molecule has 2 N–H and O–H groups in total. The van der Waals surface area contributed by atoms with Crippen LogP contribution in [0.2, 0.25) is 0 Å². The summed E-state index contributed by atoms with van der Waals surface area (Å²) in [5.74, 6) is 0.0885.